The van der Waals surface area contributed by atoms with Crippen molar-refractivity contribution in [2.45, 2.75) is 37.8 Å². The quantitative estimate of drug-likeness (QED) is 0.808. The molecule has 2 saturated carbocycles. The molecule has 24 heavy (non-hydrogen) atoms. The van der Waals surface area contributed by atoms with Gasteiger partial charge in [0.15, 0.2) is 5.69 Å². The molecule has 4 atom stereocenters. The first-order valence-electron chi connectivity index (χ1n) is 8.96. The van der Waals surface area contributed by atoms with Gasteiger partial charge in [0.25, 0.3) is 5.91 Å². The molecule has 1 saturated heterocycles. The van der Waals surface area contributed by atoms with Gasteiger partial charge >= 0.3 is 0 Å². The fraction of sp³-hybridized carbons (Fsp3) is 0.824. The molecule has 0 radical (unpaired) electrons. The van der Waals surface area contributed by atoms with Crippen LogP contribution in [-0.4, -0.2) is 72.0 Å². The van der Waals surface area contributed by atoms with E-state index in [4.69, 9.17) is 4.74 Å². The summed E-state index contributed by atoms with van der Waals surface area (Å²) >= 11 is 0. The van der Waals surface area contributed by atoms with Gasteiger partial charge in [-0.3, -0.25) is 4.79 Å². The predicted octanol–water partition coefficient (Wildman–Crippen LogP) is 1.28. The number of ether oxygens (including phenoxy) is 1. The Morgan fingerprint density at radius 1 is 1.33 bits per heavy atom. The van der Waals surface area contributed by atoms with E-state index in [1.807, 2.05) is 4.90 Å². The smallest absolute Gasteiger partial charge is 0.277 e. The number of carbonyl (C=O) groups excluding carboxylic acids is 1. The van der Waals surface area contributed by atoms with Crippen LogP contribution < -0.4 is 0 Å². The van der Waals surface area contributed by atoms with Crippen molar-refractivity contribution in [3.63, 3.8) is 0 Å². The molecule has 1 amide bonds. The third kappa shape index (κ3) is 3.19. The number of likely N-dealkylation sites (N-methyl/N-ethyl adjacent to an activating group) is 1. The molecular formula is C17H26N4O3. The number of aromatic nitrogens is 2. The molecule has 0 bridgehead atoms. The maximum atomic E-state index is 12.5. The highest BCUT2D eigenvalue weighted by Crippen LogP contribution is 2.40. The zero-order valence-corrected chi connectivity index (χ0v) is 14.4. The summed E-state index contributed by atoms with van der Waals surface area (Å²) in [5.74, 6) is 1.78. The van der Waals surface area contributed by atoms with E-state index in [-0.39, 0.29) is 12.0 Å². The Balaban J connectivity index is 1.41. The Bertz CT molecular complexity index is 572. The van der Waals surface area contributed by atoms with Gasteiger partial charge in [0, 0.05) is 25.7 Å². The summed E-state index contributed by atoms with van der Waals surface area (Å²) in [6.45, 7) is 2.50. The Hall–Kier alpha value is -1.47. The number of amides is 1. The second-order valence-corrected chi connectivity index (χ2v) is 7.84. The maximum absolute atomic E-state index is 12.5. The Morgan fingerprint density at radius 3 is 2.71 bits per heavy atom. The van der Waals surface area contributed by atoms with Crippen molar-refractivity contribution in [1.82, 2.24) is 20.1 Å². The number of likely N-dealkylation sites (tertiary alicyclic amines) is 1. The molecular weight excluding hydrogens is 308 g/mol. The molecule has 1 aromatic rings. The maximum Gasteiger partial charge on any atom is 0.277 e. The summed E-state index contributed by atoms with van der Waals surface area (Å²) in [6, 6.07) is 0.439. The molecule has 2 heterocycles. The molecule has 0 spiro atoms. The van der Waals surface area contributed by atoms with Crippen LogP contribution in [0.25, 0.3) is 0 Å². The first-order chi connectivity index (χ1) is 11.6. The number of carbonyl (C=O) groups is 1. The van der Waals surface area contributed by atoms with E-state index in [1.54, 1.807) is 0 Å². The van der Waals surface area contributed by atoms with E-state index in [0.717, 1.165) is 38.5 Å². The standard InChI is InChI=1S/C17H26N4O3/c1-20(2)15-5-12-8-21(17(22)14-7-18-24-19-14)9-13(12)6-16(15)23-10-11-3-4-11/h7,11-13,15-16H,3-6,8-10H2,1-2H3/t12-,13+,15-,16-/m1/s1. The van der Waals surface area contributed by atoms with Crippen molar-refractivity contribution in [3.8, 4) is 0 Å². The lowest BCUT2D eigenvalue weighted by Gasteiger charge is -2.41. The number of nitrogens with zero attached hydrogens (tertiary/aromatic N) is 4. The van der Waals surface area contributed by atoms with E-state index < -0.39 is 0 Å². The zero-order chi connectivity index (χ0) is 16.7. The van der Waals surface area contributed by atoms with Gasteiger partial charge < -0.3 is 14.5 Å². The predicted molar refractivity (Wildman–Crippen MR) is 86.4 cm³/mol. The molecule has 0 unspecified atom stereocenters. The van der Waals surface area contributed by atoms with Crippen LogP contribution in [0.2, 0.25) is 0 Å². The Morgan fingerprint density at radius 2 is 2.08 bits per heavy atom. The van der Waals surface area contributed by atoms with E-state index in [0.29, 0.717) is 23.6 Å². The van der Waals surface area contributed by atoms with Crippen LogP contribution in [0.5, 0.6) is 0 Å². The summed E-state index contributed by atoms with van der Waals surface area (Å²) in [5, 5.41) is 7.22. The van der Waals surface area contributed by atoms with Gasteiger partial charge in [0.1, 0.15) is 6.20 Å². The first-order valence-corrected chi connectivity index (χ1v) is 8.96. The van der Waals surface area contributed by atoms with Crippen LogP contribution >= 0.6 is 0 Å². The third-order valence-electron chi connectivity index (χ3n) is 5.86. The molecule has 0 aromatic carbocycles. The second kappa shape index (κ2) is 6.44. The number of hydrogen-bond acceptors (Lipinski definition) is 6. The molecule has 132 valence electrons. The molecule has 1 aromatic heterocycles. The highest BCUT2D eigenvalue weighted by Gasteiger charge is 2.45. The van der Waals surface area contributed by atoms with Crippen molar-refractivity contribution in [2.75, 3.05) is 33.8 Å². The number of rotatable bonds is 5. The summed E-state index contributed by atoms with van der Waals surface area (Å²) < 4.78 is 10.8. The fourth-order valence-corrected chi connectivity index (χ4v) is 4.24. The third-order valence-corrected chi connectivity index (χ3v) is 5.86. The highest BCUT2D eigenvalue weighted by molar-refractivity contribution is 5.92. The minimum atomic E-state index is -0.0671. The second-order valence-electron chi connectivity index (χ2n) is 7.84. The summed E-state index contributed by atoms with van der Waals surface area (Å²) in [7, 11) is 4.27. The minimum Gasteiger partial charge on any atom is -0.376 e. The lowest BCUT2D eigenvalue weighted by atomic mass is 9.77. The lowest BCUT2D eigenvalue weighted by molar-refractivity contribution is -0.0493. The van der Waals surface area contributed by atoms with E-state index in [9.17, 15) is 4.79 Å². The van der Waals surface area contributed by atoms with Crippen LogP contribution in [0, 0.1) is 17.8 Å². The number of hydrogen-bond donors (Lipinski definition) is 0. The van der Waals surface area contributed by atoms with E-state index >= 15 is 0 Å². The van der Waals surface area contributed by atoms with E-state index in [2.05, 4.69) is 33.9 Å². The van der Waals surface area contributed by atoms with Crippen molar-refractivity contribution < 1.29 is 14.2 Å². The number of fused-ring (bicyclic) bond motifs is 1. The van der Waals surface area contributed by atoms with Crippen LogP contribution in [-0.2, 0) is 4.74 Å². The van der Waals surface area contributed by atoms with Gasteiger partial charge in [-0.1, -0.05) is 5.16 Å². The van der Waals surface area contributed by atoms with Crippen molar-refractivity contribution >= 4 is 5.91 Å². The van der Waals surface area contributed by atoms with Crippen LogP contribution in [0.1, 0.15) is 36.2 Å². The molecule has 2 aliphatic carbocycles. The zero-order valence-electron chi connectivity index (χ0n) is 14.4. The van der Waals surface area contributed by atoms with Crippen LogP contribution in [0.15, 0.2) is 10.8 Å². The largest absolute Gasteiger partial charge is 0.376 e. The van der Waals surface area contributed by atoms with Gasteiger partial charge in [0.05, 0.1) is 6.10 Å². The molecule has 1 aliphatic heterocycles. The van der Waals surface area contributed by atoms with Gasteiger partial charge in [-0.15, -0.1) is 0 Å². The molecule has 4 rings (SSSR count). The average Bonchev–Trinajstić information content (AvgIpc) is 3.08. The summed E-state index contributed by atoms with van der Waals surface area (Å²) in [6.07, 6.45) is 6.45. The Labute approximate surface area is 142 Å². The average molecular weight is 334 g/mol. The highest BCUT2D eigenvalue weighted by atomic mass is 16.6. The van der Waals surface area contributed by atoms with Crippen LogP contribution in [0.4, 0.5) is 0 Å². The van der Waals surface area contributed by atoms with Gasteiger partial charge in [-0.2, -0.15) is 0 Å². The minimum absolute atomic E-state index is 0.0671. The summed E-state index contributed by atoms with van der Waals surface area (Å²) in [4.78, 5) is 16.7. The van der Waals surface area contributed by atoms with Crippen molar-refractivity contribution in [2.24, 2.45) is 17.8 Å². The SMILES string of the molecule is CN(C)[C@@H]1C[C@@H]2CN(C(=O)c3cnon3)C[C@@H]2C[C@H]1OCC1CC1. The molecule has 3 aliphatic rings. The fourth-order valence-electron chi connectivity index (χ4n) is 4.24. The molecule has 0 N–H and O–H groups in total. The lowest BCUT2D eigenvalue weighted by Crippen LogP contribution is -2.48. The Kier molecular flexibility index (Phi) is 4.30. The van der Waals surface area contributed by atoms with Crippen molar-refractivity contribution in [1.29, 1.82) is 0 Å². The molecule has 7 heteroatoms. The monoisotopic (exact) mass is 334 g/mol. The van der Waals surface area contributed by atoms with Crippen LogP contribution in [0.3, 0.4) is 0 Å². The first kappa shape index (κ1) is 16.0. The summed E-state index contributed by atoms with van der Waals surface area (Å²) in [5.41, 5.74) is 0.305. The van der Waals surface area contributed by atoms with Gasteiger partial charge in [0.2, 0.25) is 0 Å². The topological polar surface area (TPSA) is 71.7 Å². The van der Waals surface area contributed by atoms with Crippen molar-refractivity contribution in [3.05, 3.63) is 11.9 Å². The normalized spacial score (nSPS) is 33.0. The van der Waals surface area contributed by atoms with Gasteiger partial charge in [-0.05, 0) is 62.7 Å². The van der Waals surface area contributed by atoms with Gasteiger partial charge in [-0.25, -0.2) is 4.63 Å². The molecule has 7 nitrogen and oxygen atoms in total. The molecule has 3 fully saturated rings. The van der Waals surface area contributed by atoms with E-state index in [1.165, 1.54) is 19.0 Å².